The Labute approximate surface area is 319 Å². The van der Waals surface area contributed by atoms with Crippen molar-refractivity contribution in [2.45, 2.75) is 141 Å². The SMILES string of the molecule is CC(C)(C)n1ncc(C(=O)NC2C3CC4CC(C3)CC2C4)c1C(F)(F)F.CC(C)(C)n1ncc(C(=O)O)c1C(F)(F)F.Cl.NC1C2CC3CC(C2)CC1C3. The van der Waals surface area contributed by atoms with E-state index in [1.54, 1.807) is 27.2 Å². The first-order valence-corrected chi connectivity index (χ1v) is 19.0. The molecule has 0 aromatic carbocycles. The van der Waals surface area contributed by atoms with E-state index in [1.165, 1.54) is 52.9 Å². The van der Waals surface area contributed by atoms with Crippen LogP contribution < -0.4 is 11.1 Å². The number of amides is 1. The summed E-state index contributed by atoms with van der Waals surface area (Å²) >= 11 is 0. The number of hydrogen-bond acceptors (Lipinski definition) is 5. The zero-order valence-corrected chi connectivity index (χ0v) is 32.6. The number of hydrogen-bond donors (Lipinski definition) is 3. The van der Waals surface area contributed by atoms with Gasteiger partial charge in [-0.05, 0) is 153 Å². The molecule has 1 amide bonds. The number of halogens is 7. The van der Waals surface area contributed by atoms with Gasteiger partial charge in [0.15, 0.2) is 11.4 Å². The molecule has 8 aliphatic rings. The zero-order valence-electron chi connectivity index (χ0n) is 31.8. The Kier molecular flexibility index (Phi) is 11.7. The van der Waals surface area contributed by atoms with Crippen molar-refractivity contribution < 1.29 is 41.0 Å². The molecule has 2 aromatic rings. The lowest BCUT2D eigenvalue weighted by Gasteiger charge is -2.54. The van der Waals surface area contributed by atoms with Crippen LogP contribution in [0.15, 0.2) is 12.4 Å². The number of nitrogens with one attached hydrogen (secondary N) is 1. The molecular weight excluding hydrogens is 738 g/mol. The maximum Gasteiger partial charge on any atom is 0.433 e. The van der Waals surface area contributed by atoms with E-state index in [4.69, 9.17) is 10.8 Å². The molecule has 10 rings (SSSR count). The van der Waals surface area contributed by atoms with Gasteiger partial charge in [-0.1, -0.05) is 0 Å². The minimum Gasteiger partial charge on any atom is -0.478 e. The van der Waals surface area contributed by atoms with Crippen LogP contribution in [0.5, 0.6) is 0 Å². The van der Waals surface area contributed by atoms with Gasteiger partial charge in [0.1, 0.15) is 5.56 Å². The van der Waals surface area contributed by atoms with Gasteiger partial charge in [-0.15, -0.1) is 12.4 Å². The van der Waals surface area contributed by atoms with Gasteiger partial charge in [-0.25, -0.2) is 4.79 Å². The van der Waals surface area contributed by atoms with E-state index in [2.05, 4.69) is 15.5 Å². The van der Waals surface area contributed by atoms with Gasteiger partial charge in [-0.2, -0.15) is 36.5 Å². The number of aromatic carboxylic acids is 1. The minimum atomic E-state index is -4.74. The van der Waals surface area contributed by atoms with Crippen molar-refractivity contribution in [2.75, 3.05) is 0 Å². The molecule has 8 fully saturated rings. The highest BCUT2D eigenvalue weighted by Crippen LogP contribution is 2.54. The molecule has 4 N–H and O–H groups in total. The van der Waals surface area contributed by atoms with E-state index in [0.717, 1.165) is 78.3 Å². The van der Waals surface area contributed by atoms with E-state index < -0.39 is 52.3 Å². The van der Waals surface area contributed by atoms with Crippen LogP contribution in [0.25, 0.3) is 0 Å². The maximum atomic E-state index is 13.7. The average molecular weight is 793 g/mol. The number of nitrogens with zero attached hydrogens (tertiary/aromatic N) is 4. The molecule has 0 radical (unpaired) electrons. The van der Waals surface area contributed by atoms with Crippen LogP contribution in [-0.2, 0) is 23.4 Å². The predicted octanol–water partition coefficient (Wildman–Crippen LogP) is 8.76. The zero-order chi connectivity index (χ0) is 39.0. The Bertz CT molecular complexity index is 1620. The lowest BCUT2D eigenvalue weighted by atomic mass is 9.54. The first kappa shape index (κ1) is 42.3. The molecule has 2 heterocycles. The van der Waals surface area contributed by atoms with Crippen LogP contribution in [0, 0.1) is 47.3 Å². The molecule has 9 nitrogen and oxygen atoms in total. The number of carboxylic acids is 1. The second kappa shape index (κ2) is 14.9. The monoisotopic (exact) mass is 792 g/mol. The molecular formula is C38H55ClF6N6O3. The van der Waals surface area contributed by atoms with E-state index in [9.17, 15) is 35.9 Å². The molecule has 0 aliphatic heterocycles. The van der Waals surface area contributed by atoms with Crippen molar-refractivity contribution in [1.82, 2.24) is 24.9 Å². The third-order valence-corrected chi connectivity index (χ3v) is 12.6. The smallest absolute Gasteiger partial charge is 0.433 e. The number of carbonyl (C=O) groups is 2. The second-order valence-electron chi connectivity index (χ2n) is 18.7. The number of aromatic nitrogens is 4. The van der Waals surface area contributed by atoms with Crippen LogP contribution in [0.1, 0.15) is 138 Å². The average Bonchev–Trinajstić information content (AvgIpc) is 3.68. The molecule has 54 heavy (non-hydrogen) atoms. The molecule has 8 bridgehead atoms. The highest BCUT2D eigenvalue weighted by molar-refractivity contribution is 5.95. The summed E-state index contributed by atoms with van der Waals surface area (Å²) in [7, 11) is 0. The number of carboxylic acid groups (broad SMARTS) is 1. The minimum absolute atomic E-state index is 0. The van der Waals surface area contributed by atoms with Gasteiger partial charge in [0, 0.05) is 12.1 Å². The topological polar surface area (TPSA) is 128 Å². The van der Waals surface area contributed by atoms with Crippen LogP contribution >= 0.6 is 12.4 Å². The van der Waals surface area contributed by atoms with E-state index in [-0.39, 0.29) is 24.0 Å². The predicted molar refractivity (Wildman–Crippen MR) is 192 cm³/mol. The van der Waals surface area contributed by atoms with Crippen molar-refractivity contribution in [3.8, 4) is 0 Å². The van der Waals surface area contributed by atoms with E-state index in [0.29, 0.717) is 22.6 Å². The molecule has 0 unspecified atom stereocenters. The normalized spacial score (nSPS) is 32.2. The van der Waals surface area contributed by atoms with Crippen LogP contribution in [0.2, 0.25) is 0 Å². The Morgan fingerprint density at radius 3 is 1.31 bits per heavy atom. The molecule has 16 heteroatoms. The summed E-state index contributed by atoms with van der Waals surface area (Å²) in [5.41, 5.74) is 1.01. The Hall–Kier alpha value is -2.81. The summed E-state index contributed by atoms with van der Waals surface area (Å²) in [6.07, 6.45) is 5.54. The van der Waals surface area contributed by atoms with Crippen molar-refractivity contribution in [1.29, 1.82) is 0 Å². The lowest BCUT2D eigenvalue weighted by Crippen LogP contribution is -2.55. The van der Waals surface area contributed by atoms with Crippen LogP contribution in [0.4, 0.5) is 26.3 Å². The summed E-state index contributed by atoms with van der Waals surface area (Å²) in [4.78, 5) is 23.4. The van der Waals surface area contributed by atoms with Crippen LogP contribution in [-0.4, -0.2) is 48.6 Å². The Morgan fingerprint density at radius 1 is 0.648 bits per heavy atom. The van der Waals surface area contributed by atoms with Gasteiger partial charge < -0.3 is 16.2 Å². The molecule has 2 aromatic heterocycles. The second-order valence-corrected chi connectivity index (χ2v) is 18.7. The number of alkyl halides is 6. The molecule has 8 saturated carbocycles. The summed E-state index contributed by atoms with van der Waals surface area (Å²) in [5.74, 6) is 4.07. The number of rotatable bonds is 3. The molecule has 304 valence electrons. The first-order valence-electron chi connectivity index (χ1n) is 19.0. The summed E-state index contributed by atoms with van der Waals surface area (Å²) in [6.45, 7) is 9.49. The van der Waals surface area contributed by atoms with Crippen molar-refractivity contribution in [3.05, 3.63) is 34.9 Å². The fourth-order valence-electron chi connectivity index (χ4n) is 10.9. The van der Waals surface area contributed by atoms with Crippen LogP contribution in [0.3, 0.4) is 0 Å². The summed E-state index contributed by atoms with van der Waals surface area (Å²) < 4.78 is 80.7. The summed E-state index contributed by atoms with van der Waals surface area (Å²) in [6, 6.07) is 0.595. The van der Waals surface area contributed by atoms with Crippen molar-refractivity contribution in [3.63, 3.8) is 0 Å². The van der Waals surface area contributed by atoms with Crippen molar-refractivity contribution in [2.24, 2.45) is 53.1 Å². The van der Waals surface area contributed by atoms with E-state index in [1.807, 2.05) is 0 Å². The van der Waals surface area contributed by atoms with Gasteiger partial charge in [0.05, 0.1) is 29.0 Å². The summed E-state index contributed by atoms with van der Waals surface area (Å²) in [5, 5.41) is 19.0. The van der Waals surface area contributed by atoms with Gasteiger partial charge >= 0.3 is 18.3 Å². The highest BCUT2D eigenvalue weighted by atomic mass is 35.5. The number of nitrogens with two attached hydrogens (primary N) is 1. The molecule has 0 atom stereocenters. The standard InChI is InChI=1S/C19H26F3N3O.C10H17N.C9H11F3N2O2.ClH/c1-18(2,3)25-16(19(20,21)22)14(9-23-25)17(26)24-15-12-5-10-4-11(7-12)8-13(15)6-10;11-10-8-2-6-1-7(4-8)5-9(10)3-6;1-8(2,3)14-6(9(10,11)12)5(4-13-14)7(15)16;/h9-13,15H,4-8H2,1-3H3,(H,24,26);6-10H,1-5,11H2;4H,1-3H3,(H,15,16);1H. The molecule has 8 aliphatic carbocycles. The fraction of sp³-hybridized carbons (Fsp3) is 0.789. The van der Waals surface area contributed by atoms with Gasteiger partial charge in [-0.3, -0.25) is 14.2 Å². The van der Waals surface area contributed by atoms with Crippen molar-refractivity contribution >= 4 is 24.3 Å². The lowest BCUT2D eigenvalue weighted by molar-refractivity contribution is -0.147. The Balaban J connectivity index is 0.000000170. The largest absolute Gasteiger partial charge is 0.478 e. The molecule has 0 saturated heterocycles. The number of carbonyl (C=O) groups excluding carboxylic acids is 1. The fourth-order valence-corrected chi connectivity index (χ4v) is 10.9. The maximum absolute atomic E-state index is 13.7. The van der Waals surface area contributed by atoms with Gasteiger partial charge in [0.2, 0.25) is 0 Å². The first-order chi connectivity index (χ1) is 24.4. The highest BCUT2D eigenvalue weighted by Gasteiger charge is 2.50. The van der Waals surface area contributed by atoms with Gasteiger partial charge in [0.25, 0.3) is 5.91 Å². The molecule has 0 spiro atoms. The quantitative estimate of drug-likeness (QED) is 0.267. The third-order valence-electron chi connectivity index (χ3n) is 12.6. The Morgan fingerprint density at radius 2 is 0.981 bits per heavy atom. The third kappa shape index (κ3) is 8.61. The van der Waals surface area contributed by atoms with E-state index >= 15 is 0 Å².